The quantitative estimate of drug-likeness (QED) is 0.369. The summed E-state index contributed by atoms with van der Waals surface area (Å²) in [5.41, 5.74) is 2.86. The molecule has 5 rings (SSSR count). The van der Waals surface area contributed by atoms with Crippen LogP contribution in [-0.4, -0.2) is 5.97 Å². The minimum Gasteiger partial charge on any atom is -0.488 e. The number of hydrogen-bond acceptors (Lipinski definition) is 4. The first-order chi connectivity index (χ1) is 12.6. The molecule has 2 aliphatic rings. The van der Waals surface area contributed by atoms with Gasteiger partial charge in [0.25, 0.3) is 0 Å². The van der Waals surface area contributed by atoms with Gasteiger partial charge in [0.2, 0.25) is 0 Å². The van der Waals surface area contributed by atoms with Crippen molar-refractivity contribution in [2.75, 3.05) is 0 Å². The lowest BCUT2D eigenvalue weighted by Crippen LogP contribution is -2.14. The molecule has 26 heavy (non-hydrogen) atoms. The third kappa shape index (κ3) is 2.12. The van der Waals surface area contributed by atoms with E-state index in [-0.39, 0.29) is 0 Å². The van der Waals surface area contributed by atoms with E-state index in [1.807, 2.05) is 38.1 Å². The second-order valence-corrected chi connectivity index (χ2v) is 6.79. The fourth-order valence-corrected chi connectivity index (χ4v) is 3.56. The van der Waals surface area contributed by atoms with E-state index in [0.29, 0.717) is 12.4 Å². The average Bonchev–Trinajstić information content (AvgIpc) is 2.58. The maximum Gasteiger partial charge on any atom is 0.336 e. The van der Waals surface area contributed by atoms with Gasteiger partial charge in [-0.1, -0.05) is 29.8 Å². The van der Waals surface area contributed by atoms with Crippen LogP contribution in [0.4, 0.5) is 0 Å². The fourth-order valence-electron chi connectivity index (χ4n) is 3.56. The van der Waals surface area contributed by atoms with Crippen molar-refractivity contribution in [3.8, 4) is 11.5 Å². The van der Waals surface area contributed by atoms with Gasteiger partial charge in [0.15, 0.2) is 5.76 Å². The molecule has 0 fully saturated rings. The van der Waals surface area contributed by atoms with Crippen molar-refractivity contribution in [1.29, 1.82) is 0 Å². The molecular formula is C22H16O4. The SMILES string of the molecule is CC(C)=CC(=O)OC1=COc2cc3ccccc3c3c4c(cc1c23)CO4. The van der Waals surface area contributed by atoms with Crippen LogP contribution in [0.2, 0.25) is 0 Å². The van der Waals surface area contributed by atoms with Crippen molar-refractivity contribution in [3.05, 3.63) is 65.4 Å². The lowest BCUT2D eigenvalue weighted by Gasteiger charge is -2.28. The molecule has 0 saturated carbocycles. The Balaban J connectivity index is 1.77. The van der Waals surface area contributed by atoms with Crippen LogP contribution in [-0.2, 0) is 16.1 Å². The molecule has 0 saturated heterocycles. The molecule has 0 bridgehead atoms. The highest BCUT2D eigenvalue weighted by atomic mass is 16.6. The van der Waals surface area contributed by atoms with E-state index in [1.54, 1.807) is 0 Å². The maximum atomic E-state index is 12.1. The first kappa shape index (κ1) is 15.0. The van der Waals surface area contributed by atoms with Gasteiger partial charge in [0, 0.05) is 28.0 Å². The van der Waals surface area contributed by atoms with Crippen molar-refractivity contribution in [3.63, 3.8) is 0 Å². The van der Waals surface area contributed by atoms with E-state index in [1.165, 1.54) is 12.3 Å². The van der Waals surface area contributed by atoms with Crippen LogP contribution >= 0.6 is 0 Å². The summed E-state index contributed by atoms with van der Waals surface area (Å²) >= 11 is 0. The Bertz CT molecular complexity index is 1160. The summed E-state index contributed by atoms with van der Waals surface area (Å²) in [4.78, 5) is 12.1. The van der Waals surface area contributed by atoms with E-state index in [9.17, 15) is 4.79 Å². The Morgan fingerprint density at radius 3 is 2.77 bits per heavy atom. The Morgan fingerprint density at radius 1 is 1.15 bits per heavy atom. The summed E-state index contributed by atoms with van der Waals surface area (Å²) in [5, 5.41) is 4.12. The van der Waals surface area contributed by atoms with E-state index in [0.717, 1.165) is 49.7 Å². The zero-order chi connectivity index (χ0) is 17.8. The Labute approximate surface area is 150 Å². The predicted octanol–water partition coefficient (Wildman–Crippen LogP) is 5.09. The molecule has 2 heterocycles. The molecule has 0 atom stereocenters. The van der Waals surface area contributed by atoms with Crippen LogP contribution < -0.4 is 9.47 Å². The van der Waals surface area contributed by atoms with Crippen LogP contribution in [0.25, 0.3) is 27.3 Å². The number of rotatable bonds is 2. The number of ether oxygens (including phenoxy) is 3. The molecule has 3 aromatic rings. The van der Waals surface area contributed by atoms with Crippen LogP contribution in [0.3, 0.4) is 0 Å². The number of carbonyl (C=O) groups is 1. The summed E-state index contributed by atoms with van der Waals surface area (Å²) in [6.07, 6.45) is 2.98. The van der Waals surface area contributed by atoms with Gasteiger partial charge in [-0.15, -0.1) is 0 Å². The van der Waals surface area contributed by atoms with Crippen molar-refractivity contribution in [2.24, 2.45) is 0 Å². The molecule has 0 spiro atoms. The average molecular weight is 344 g/mol. The van der Waals surface area contributed by atoms with Gasteiger partial charge in [-0.2, -0.15) is 0 Å². The van der Waals surface area contributed by atoms with Gasteiger partial charge in [-0.05, 0) is 36.8 Å². The molecule has 128 valence electrons. The minimum absolute atomic E-state index is 0.406. The smallest absolute Gasteiger partial charge is 0.336 e. The highest BCUT2D eigenvalue weighted by Crippen LogP contribution is 2.49. The van der Waals surface area contributed by atoms with Gasteiger partial charge < -0.3 is 14.2 Å². The molecule has 4 nitrogen and oxygen atoms in total. The molecule has 0 radical (unpaired) electrons. The summed E-state index contributed by atoms with van der Waals surface area (Å²) in [6.45, 7) is 4.28. The van der Waals surface area contributed by atoms with Crippen molar-refractivity contribution >= 4 is 33.3 Å². The molecule has 0 unspecified atom stereocenters. The summed E-state index contributed by atoms with van der Waals surface area (Å²) in [6, 6.07) is 12.2. The topological polar surface area (TPSA) is 44.8 Å². The number of carbonyl (C=O) groups excluding carboxylic acids is 1. The zero-order valence-corrected chi connectivity index (χ0v) is 14.5. The molecule has 4 heteroatoms. The molecule has 2 aliphatic heterocycles. The van der Waals surface area contributed by atoms with Crippen molar-refractivity contribution < 1.29 is 19.0 Å². The van der Waals surface area contributed by atoms with Crippen molar-refractivity contribution in [1.82, 2.24) is 0 Å². The summed E-state index contributed by atoms with van der Waals surface area (Å²) in [7, 11) is 0. The molecule has 0 amide bonds. The molecule has 0 aliphatic carbocycles. The van der Waals surface area contributed by atoms with Gasteiger partial charge in [0.05, 0.1) is 0 Å². The number of allylic oxidation sites excluding steroid dienone is 1. The third-order valence-electron chi connectivity index (χ3n) is 4.67. The standard InChI is InChI=1S/C22H16O4/c1-12(2)7-19(23)26-18-11-24-17-9-13-5-3-4-6-15(13)21-20(17)16(18)8-14-10-25-22(14)21/h3-9,11H,10H2,1-2H3. The highest BCUT2D eigenvalue weighted by molar-refractivity contribution is 6.17. The highest BCUT2D eigenvalue weighted by Gasteiger charge is 2.29. The van der Waals surface area contributed by atoms with E-state index < -0.39 is 5.97 Å². The fraction of sp³-hybridized carbons (Fsp3) is 0.136. The largest absolute Gasteiger partial charge is 0.488 e. The summed E-state index contributed by atoms with van der Waals surface area (Å²) < 4.78 is 17.1. The van der Waals surface area contributed by atoms with Gasteiger partial charge >= 0.3 is 5.97 Å². The zero-order valence-electron chi connectivity index (χ0n) is 14.5. The van der Waals surface area contributed by atoms with E-state index in [2.05, 4.69) is 12.1 Å². The monoisotopic (exact) mass is 344 g/mol. The number of esters is 1. The number of fused-ring (bicyclic) bond motifs is 4. The second kappa shape index (κ2) is 5.36. The second-order valence-electron chi connectivity index (χ2n) is 6.79. The van der Waals surface area contributed by atoms with E-state index in [4.69, 9.17) is 14.2 Å². The van der Waals surface area contributed by atoms with Crippen molar-refractivity contribution in [2.45, 2.75) is 20.5 Å². The number of hydrogen-bond donors (Lipinski definition) is 0. The predicted molar refractivity (Wildman–Crippen MR) is 99.9 cm³/mol. The normalized spacial score (nSPS) is 13.8. The minimum atomic E-state index is -0.406. The van der Waals surface area contributed by atoms with Gasteiger partial charge in [0.1, 0.15) is 24.4 Å². The van der Waals surface area contributed by atoms with Crippen LogP contribution in [0, 0.1) is 0 Å². The summed E-state index contributed by atoms with van der Waals surface area (Å²) in [5.74, 6) is 1.66. The van der Waals surface area contributed by atoms with Crippen LogP contribution in [0.15, 0.2) is 54.3 Å². The first-order valence-electron chi connectivity index (χ1n) is 8.50. The first-order valence-corrected chi connectivity index (χ1v) is 8.50. The van der Waals surface area contributed by atoms with Gasteiger partial charge in [-0.3, -0.25) is 0 Å². The Hall–Kier alpha value is -3.27. The van der Waals surface area contributed by atoms with Gasteiger partial charge in [-0.25, -0.2) is 4.79 Å². The Kier molecular flexibility index (Phi) is 3.10. The maximum absolute atomic E-state index is 12.1. The van der Waals surface area contributed by atoms with E-state index >= 15 is 0 Å². The lowest BCUT2D eigenvalue weighted by atomic mass is 9.91. The molecule has 0 N–H and O–H groups in total. The molecule has 3 aromatic carbocycles. The van der Waals surface area contributed by atoms with Crippen LogP contribution in [0.5, 0.6) is 11.5 Å². The number of benzene rings is 3. The Morgan fingerprint density at radius 2 is 2.00 bits per heavy atom. The van der Waals surface area contributed by atoms with Crippen LogP contribution in [0.1, 0.15) is 25.0 Å². The lowest BCUT2D eigenvalue weighted by molar-refractivity contribution is -0.131. The molecular weight excluding hydrogens is 328 g/mol. The third-order valence-corrected chi connectivity index (χ3v) is 4.67. The molecule has 0 aromatic heterocycles.